The molecule has 24 heavy (non-hydrogen) atoms. The standard InChI is InChI=1S/C18H22FNO3S/c1-20(14-15-5-3-6-17(13-15)23-2)11-4-12-24(21,22)18-9-7-16(19)8-10-18/h3,5-10,13H,4,11-12,14H2,1-2H3. The molecule has 0 amide bonds. The molecule has 0 fully saturated rings. The number of nitrogens with zero attached hydrogens (tertiary/aromatic N) is 1. The molecule has 0 atom stereocenters. The Morgan fingerprint density at radius 3 is 2.50 bits per heavy atom. The fraction of sp³-hybridized carbons (Fsp3) is 0.333. The van der Waals surface area contributed by atoms with Crippen LogP contribution in [0.2, 0.25) is 0 Å². The molecule has 0 aliphatic rings. The van der Waals surface area contributed by atoms with Crippen molar-refractivity contribution in [3.05, 3.63) is 59.9 Å². The molecule has 6 heteroatoms. The Kier molecular flexibility index (Phi) is 6.34. The largest absolute Gasteiger partial charge is 0.497 e. The molecular weight excluding hydrogens is 329 g/mol. The molecule has 0 radical (unpaired) electrons. The third-order valence-electron chi connectivity index (χ3n) is 3.71. The molecule has 130 valence electrons. The minimum Gasteiger partial charge on any atom is -0.497 e. The van der Waals surface area contributed by atoms with Gasteiger partial charge in [0.25, 0.3) is 0 Å². The van der Waals surface area contributed by atoms with Gasteiger partial charge in [0.1, 0.15) is 11.6 Å². The van der Waals surface area contributed by atoms with E-state index < -0.39 is 15.7 Å². The molecule has 2 aromatic rings. The summed E-state index contributed by atoms with van der Waals surface area (Å²) in [4.78, 5) is 2.23. The highest BCUT2D eigenvalue weighted by Crippen LogP contribution is 2.15. The average Bonchev–Trinajstić information content (AvgIpc) is 2.55. The minimum absolute atomic E-state index is 0.0427. The number of hydrogen-bond donors (Lipinski definition) is 0. The van der Waals surface area contributed by atoms with Crippen molar-refractivity contribution in [1.29, 1.82) is 0 Å². The molecule has 0 saturated heterocycles. The monoisotopic (exact) mass is 351 g/mol. The van der Waals surface area contributed by atoms with Crippen LogP contribution in [0.3, 0.4) is 0 Å². The number of hydrogen-bond acceptors (Lipinski definition) is 4. The number of rotatable bonds is 8. The topological polar surface area (TPSA) is 46.6 Å². The highest BCUT2D eigenvalue weighted by molar-refractivity contribution is 7.91. The second kappa shape index (κ2) is 8.26. The quantitative estimate of drug-likeness (QED) is 0.686. The summed E-state index contributed by atoms with van der Waals surface area (Å²) in [7, 11) is 0.207. The molecule has 0 bridgehead atoms. The second-order valence-corrected chi connectivity index (χ2v) is 7.82. The molecule has 0 N–H and O–H groups in total. The summed E-state index contributed by atoms with van der Waals surface area (Å²) >= 11 is 0. The number of methoxy groups -OCH3 is 1. The summed E-state index contributed by atoms with van der Waals surface area (Å²) in [5, 5.41) is 0. The predicted octanol–water partition coefficient (Wildman–Crippen LogP) is 3.13. The molecule has 0 aliphatic carbocycles. The third-order valence-corrected chi connectivity index (χ3v) is 5.53. The van der Waals surface area contributed by atoms with Crippen LogP contribution in [0, 0.1) is 5.82 Å². The van der Waals surface area contributed by atoms with Gasteiger partial charge in [-0.25, -0.2) is 12.8 Å². The van der Waals surface area contributed by atoms with E-state index in [4.69, 9.17) is 4.74 Å². The van der Waals surface area contributed by atoms with Crippen molar-refractivity contribution in [3.8, 4) is 5.75 Å². The first kappa shape index (κ1) is 18.4. The Balaban J connectivity index is 1.85. The van der Waals surface area contributed by atoms with E-state index in [0.29, 0.717) is 19.5 Å². The van der Waals surface area contributed by atoms with Gasteiger partial charge in [-0.3, -0.25) is 0 Å². The maximum Gasteiger partial charge on any atom is 0.178 e. The van der Waals surface area contributed by atoms with Crippen molar-refractivity contribution in [1.82, 2.24) is 4.90 Å². The van der Waals surface area contributed by atoms with Gasteiger partial charge in [0.2, 0.25) is 0 Å². The van der Waals surface area contributed by atoms with E-state index in [1.165, 1.54) is 24.3 Å². The lowest BCUT2D eigenvalue weighted by Gasteiger charge is -2.17. The first-order valence-electron chi connectivity index (χ1n) is 7.70. The molecule has 0 spiro atoms. The smallest absolute Gasteiger partial charge is 0.178 e. The first-order chi connectivity index (χ1) is 11.4. The van der Waals surface area contributed by atoms with Crippen LogP contribution < -0.4 is 4.74 Å². The fourth-order valence-corrected chi connectivity index (χ4v) is 3.74. The van der Waals surface area contributed by atoms with Crippen LogP contribution in [0.5, 0.6) is 5.75 Å². The number of halogens is 1. The highest BCUT2D eigenvalue weighted by Gasteiger charge is 2.14. The highest BCUT2D eigenvalue weighted by atomic mass is 32.2. The Morgan fingerprint density at radius 2 is 1.83 bits per heavy atom. The zero-order chi connectivity index (χ0) is 17.6. The lowest BCUT2D eigenvalue weighted by Crippen LogP contribution is -2.21. The van der Waals surface area contributed by atoms with Crippen LogP contribution >= 0.6 is 0 Å². The normalized spacial score (nSPS) is 11.7. The van der Waals surface area contributed by atoms with Gasteiger partial charge >= 0.3 is 0 Å². The van der Waals surface area contributed by atoms with Gasteiger partial charge in [-0.15, -0.1) is 0 Å². The summed E-state index contributed by atoms with van der Waals surface area (Å²) in [6.45, 7) is 1.37. The van der Waals surface area contributed by atoms with Crippen LogP contribution in [0.4, 0.5) is 4.39 Å². The summed E-state index contributed by atoms with van der Waals surface area (Å²) in [5.74, 6) is 0.410. The van der Waals surface area contributed by atoms with Gasteiger partial charge in [0.15, 0.2) is 9.84 Å². The summed E-state index contributed by atoms with van der Waals surface area (Å²) in [6, 6.07) is 12.7. The first-order valence-corrected chi connectivity index (χ1v) is 9.36. The third kappa shape index (κ3) is 5.32. The van der Waals surface area contributed by atoms with E-state index in [-0.39, 0.29) is 10.6 Å². The van der Waals surface area contributed by atoms with E-state index in [2.05, 4.69) is 4.90 Å². The van der Waals surface area contributed by atoms with E-state index in [1.54, 1.807) is 7.11 Å². The van der Waals surface area contributed by atoms with E-state index >= 15 is 0 Å². The lowest BCUT2D eigenvalue weighted by atomic mass is 10.2. The maximum atomic E-state index is 12.9. The molecule has 0 aliphatic heterocycles. The van der Waals surface area contributed by atoms with Gasteiger partial charge in [0, 0.05) is 6.54 Å². The summed E-state index contributed by atoms with van der Waals surface area (Å²) in [5.41, 5.74) is 1.11. The van der Waals surface area contributed by atoms with Crippen LogP contribution in [-0.4, -0.2) is 39.8 Å². The number of ether oxygens (including phenoxy) is 1. The zero-order valence-electron chi connectivity index (χ0n) is 13.9. The molecule has 0 aromatic heterocycles. The van der Waals surface area contributed by atoms with Crippen LogP contribution in [0.15, 0.2) is 53.4 Å². The van der Waals surface area contributed by atoms with Gasteiger partial charge in [-0.1, -0.05) is 12.1 Å². The SMILES string of the molecule is COc1cccc(CN(C)CCCS(=O)(=O)c2ccc(F)cc2)c1. The Bertz CT molecular complexity index is 760. The zero-order valence-corrected chi connectivity index (χ0v) is 14.7. The van der Waals surface area contributed by atoms with Crippen molar-refractivity contribution >= 4 is 9.84 Å². The van der Waals surface area contributed by atoms with Gasteiger partial charge in [-0.2, -0.15) is 0 Å². The second-order valence-electron chi connectivity index (χ2n) is 5.72. The van der Waals surface area contributed by atoms with E-state index in [0.717, 1.165) is 11.3 Å². The number of sulfone groups is 1. The van der Waals surface area contributed by atoms with Crippen LogP contribution in [-0.2, 0) is 16.4 Å². The van der Waals surface area contributed by atoms with Gasteiger partial charge in [0.05, 0.1) is 17.8 Å². The lowest BCUT2D eigenvalue weighted by molar-refractivity contribution is 0.327. The minimum atomic E-state index is -3.37. The molecule has 0 unspecified atom stereocenters. The fourth-order valence-electron chi connectivity index (χ4n) is 2.45. The van der Waals surface area contributed by atoms with Crippen molar-refractivity contribution in [2.45, 2.75) is 17.9 Å². The Hall–Kier alpha value is -1.92. The molecule has 2 aromatic carbocycles. The van der Waals surface area contributed by atoms with Gasteiger partial charge in [-0.05, 0) is 62.0 Å². The van der Waals surface area contributed by atoms with Crippen molar-refractivity contribution in [3.63, 3.8) is 0 Å². The molecular formula is C18H22FNO3S. The van der Waals surface area contributed by atoms with Crippen LogP contribution in [0.1, 0.15) is 12.0 Å². The average molecular weight is 351 g/mol. The molecule has 0 saturated carbocycles. The Labute approximate surface area is 142 Å². The molecule has 2 rings (SSSR count). The molecule has 0 heterocycles. The maximum absolute atomic E-state index is 12.9. The van der Waals surface area contributed by atoms with Crippen molar-refractivity contribution in [2.75, 3.05) is 26.5 Å². The number of benzene rings is 2. The van der Waals surface area contributed by atoms with E-state index in [9.17, 15) is 12.8 Å². The predicted molar refractivity (Wildman–Crippen MR) is 92.4 cm³/mol. The van der Waals surface area contributed by atoms with E-state index in [1.807, 2.05) is 31.3 Å². The Morgan fingerprint density at radius 1 is 1.12 bits per heavy atom. The summed E-state index contributed by atoms with van der Waals surface area (Å²) < 4.78 is 42.5. The van der Waals surface area contributed by atoms with Gasteiger partial charge < -0.3 is 9.64 Å². The van der Waals surface area contributed by atoms with Crippen LogP contribution in [0.25, 0.3) is 0 Å². The summed E-state index contributed by atoms with van der Waals surface area (Å²) in [6.07, 6.45) is 0.514. The molecule has 4 nitrogen and oxygen atoms in total. The van der Waals surface area contributed by atoms with Crippen molar-refractivity contribution in [2.24, 2.45) is 0 Å². The van der Waals surface area contributed by atoms with Crippen molar-refractivity contribution < 1.29 is 17.5 Å².